The molecule has 1 atom stereocenters. The van der Waals surface area contributed by atoms with Gasteiger partial charge in [-0.05, 0) is 83.5 Å². The molecule has 0 radical (unpaired) electrons. The van der Waals surface area contributed by atoms with Gasteiger partial charge in [-0.1, -0.05) is 230 Å². The molecule has 0 aromatic carbocycles. The van der Waals surface area contributed by atoms with Gasteiger partial charge in [-0.2, -0.15) is 0 Å². The minimum Gasteiger partial charge on any atom is -0.462 e. The van der Waals surface area contributed by atoms with Gasteiger partial charge in [-0.15, -0.1) is 0 Å². The number of esters is 3. The summed E-state index contributed by atoms with van der Waals surface area (Å²) >= 11 is 0. The Morgan fingerprint density at radius 3 is 0.922 bits per heavy atom. The molecule has 0 spiro atoms. The Kier molecular flexibility index (Phi) is 50.8. The minimum atomic E-state index is -0.783. The highest BCUT2D eigenvalue weighted by Crippen LogP contribution is 2.16. The summed E-state index contributed by atoms with van der Waals surface area (Å²) in [5.41, 5.74) is 0. The first-order valence-corrected chi connectivity index (χ1v) is 27.6. The predicted octanol–water partition coefficient (Wildman–Crippen LogP) is 18.3. The van der Waals surface area contributed by atoms with Crippen molar-refractivity contribution < 1.29 is 28.6 Å². The van der Waals surface area contributed by atoms with E-state index in [1.807, 2.05) is 0 Å². The molecule has 0 bridgehead atoms. The maximum absolute atomic E-state index is 12.8. The molecule has 0 aliphatic heterocycles. The van der Waals surface area contributed by atoms with Crippen molar-refractivity contribution in [2.75, 3.05) is 13.2 Å². The molecule has 0 N–H and O–H groups in total. The van der Waals surface area contributed by atoms with Crippen molar-refractivity contribution in [2.24, 2.45) is 0 Å². The average molecular weight is 897 g/mol. The fraction of sp³-hybridized carbons (Fsp3) is 0.810. The predicted molar refractivity (Wildman–Crippen MR) is 275 cm³/mol. The smallest absolute Gasteiger partial charge is 0.306 e. The summed E-state index contributed by atoms with van der Waals surface area (Å²) < 4.78 is 16.8. The summed E-state index contributed by atoms with van der Waals surface area (Å²) in [6.07, 6.45) is 63.8. The Labute approximate surface area is 397 Å². The molecular formula is C58H104O6. The van der Waals surface area contributed by atoms with Crippen LogP contribution in [0.1, 0.15) is 284 Å². The monoisotopic (exact) mass is 897 g/mol. The highest BCUT2D eigenvalue weighted by molar-refractivity contribution is 5.71. The van der Waals surface area contributed by atoms with Gasteiger partial charge in [-0.3, -0.25) is 14.4 Å². The van der Waals surface area contributed by atoms with Gasteiger partial charge in [0.2, 0.25) is 0 Å². The summed E-state index contributed by atoms with van der Waals surface area (Å²) in [6.45, 7) is 6.59. The zero-order chi connectivity index (χ0) is 46.5. The Balaban J connectivity index is 4.38. The van der Waals surface area contributed by atoms with Gasteiger partial charge in [0.1, 0.15) is 13.2 Å². The second kappa shape index (κ2) is 53.0. The molecule has 0 amide bonds. The number of unbranched alkanes of at least 4 members (excludes halogenated alkanes) is 31. The van der Waals surface area contributed by atoms with E-state index in [0.29, 0.717) is 19.3 Å². The maximum atomic E-state index is 12.8. The number of allylic oxidation sites excluding steroid dienone is 8. The van der Waals surface area contributed by atoms with Crippen LogP contribution < -0.4 is 0 Å². The van der Waals surface area contributed by atoms with Crippen LogP contribution in [0.25, 0.3) is 0 Å². The van der Waals surface area contributed by atoms with Crippen LogP contribution in [0.4, 0.5) is 0 Å². The third-order valence-electron chi connectivity index (χ3n) is 12.1. The lowest BCUT2D eigenvalue weighted by Gasteiger charge is -2.18. The lowest BCUT2D eigenvalue weighted by Crippen LogP contribution is -2.30. The van der Waals surface area contributed by atoms with Crippen LogP contribution in [0.3, 0.4) is 0 Å². The van der Waals surface area contributed by atoms with Crippen LogP contribution in [0, 0.1) is 0 Å². The van der Waals surface area contributed by atoms with Crippen molar-refractivity contribution in [3.05, 3.63) is 48.6 Å². The first-order chi connectivity index (χ1) is 31.5. The number of carbonyl (C=O) groups is 3. The third kappa shape index (κ3) is 50.4. The highest BCUT2D eigenvalue weighted by atomic mass is 16.6. The molecule has 0 aromatic heterocycles. The van der Waals surface area contributed by atoms with Crippen molar-refractivity contribution in [1.29, 1.82) is 0 Å². The second-order valence-electron chi connectivity index (χ2n) is 18.5. The number of rotatable bonds is 50. The Bertz CT molecular complexity index is 1120. The van der Waals surface area contributed by atoms with Crippen LogP contribution >= 0.6 is 0 Å². The summed E-state index contributed by atoms with van der Waals surface area (Å²) in [6, 6.07) is 0. The van der Waals surface area contributed by atoms with Crippen LogP contribution in [0.2, 0.25) is 0 Å². The molecule has 0 saturated heterocycles. The molecule has 0 unspecified atom stereocenters. The lowest BCUT2D eigenvalue weighted by atomic mass is 10.0. The first kappa shape index (κ1) is 61.4. The molecule has 0 heterocycles. The van der Waals surface area contributed by atoms with Crippen LogP contribution in [-0.2, 0) is 28.6 Å². The Hall–Kier alpha value is -2.63. The van der Waals surface area contributed by atoms with Crippen LogP contribution in [-0.4, -0.2) is 37.2 Å². The molecular weight excluding hydrogens is 793 g/mol. The molecule has 0 aromatic rings. The largest absolute Gasteiger partial charge is 0.462 e. The first-order valence-electron chi connectivity index (χ1n) is 27.6. The number of ether oxygens (including phenoxy) is 3. The third-order valence-corrected chi connectivity index (χ3v) is 12.1. The van der Waals surface area contributed by atoms with Gasteiger partial charge in [-0.25, -0.2) is 0 Å². The lowest BCUT2D eigenvalue weighted by molar-refractivity contribution is -0.167. The summed E-state index contributed by atoms with van der Waals surface area (Å²) in [7, 11) is 0. The van der Waals surface area contributed by atoms with E-state index in [4.69, 9.17) is 14.2 Å². The van der Waals surface area contributed by atoms with E-state index in [-0.39, 0.29) is 31.1 Å². The molecule has 0 fully saturated rings. The van der Waals surface area contributed by atoms with E-state index in [2.05, 4.69) is 69.4 Å². The van der Waals surface area contributed by atoms with Gasteiger partial charge < -0.3 is 14.2 Å². The molecule has 6 heteroatoms. The van der Waals surface area contributed by atoms with Gasteiger partial charge in [0.05, 0.1) is 0 Å². The molecule has 0 aliphatic carbocycles. The maximum Gasteiger partial charge on any atom is 0.306 e. The van der Waals surface area contributed by atoms with Crippen molar-refractivity contribution in [3.63, 3.8) is 0 Å². The van der Waals surface area contributed by atoms with E-state index in [1.165, 1.54) is 154 Å². The van der Waals surface area contributed by atoms with Crippen LogP contribution in [0.15, 0.2) is 48.6 Å². The van der Waals surface area contributed by atoms with E-state index in [0.717, 1.165) is 89.9 Å². The van der Waals surface area contributed by atoms with E-state index < -0.39 is 6.10 Å². The zero-order valence-corrected chi connectivity index (χ0v) is 42.6. The van der Waals surface area contributed by atoms with Gasteiger partial charge >= 0.3 is 17.9 Å². The van der Waals surface area contributed by atoms with Crippen molar-refractivity contribution >= 4 is 17.9 Å². The second-order valence-corrected chi connectivity index (χ2v) is 18.5. The van der Waals surface area contributed by atoms with Gasteiger partial charge in [0.15, 0.2) is 6.10 Å². The highest BCUT2D eigenvalue weighted by Gasteiger charge is 2.19. The minimum absolute atomic E-state index is 0.0824. The standard InChI is InChI=1S/C58H104O6/c1-4-7-10-13-16-19-22-25-27-29-31-33-36-39-42-45-48-51-57(60)63-54-55(53-62-56(59)50-47-44-41-38-35-24-21-18-15-12-9-6-3)64-58(61)52-49-46-43-40-37-34-32-30-28-26-23-20-17-14-11-8-5-2/h16,18-19,21,25,27,31,33,55H,4-15,17,20,22-24,26,28-30,32,34-54H2,1-3H3/b19-16-,21-18-,27-25-,33-31-/t55-/m1/s1. The summed E-state index contributed by atoms with van der Waals surface area (Å²) in [5.74, 6) is -0.901. The SMILES string of the molecule is CCCCC/C=C\C/C=C\C/C=C\CCCCCCC(=O)OC[C@@H](COC(=O)CCCCCCC/C=C\CCCCC)OC(=O)CCCCCCCCCCCCCCCCCCC. The topological polar surface area (TPSA) is 78.9 Å². The van der Waals surface area contributed by atoms with E-state index >= 15 is 0 Å². The summed E-state index contributed by atoms with van der Waals surface area (Å²) in [4.78, 5) is 38.0. The van der Waals surface area contributed by atoms with Crippen molar-refractivity contribution in [3.8, 4) is 0 Å². The summed E-state index contributed by atoms with van der Waals surface area (Å²) in [5, 5.41) is 0. The quantitative estimate of drug-likeness (QED) is 0.0262. The van der Waals surface area contributed by atoms with E-state index in [1.54, 1.807) is 0 Å². The molecule has 6 nitrogen and oxygen atoms in total. The van der Waals surface area contributed by atoms with Gasteiger partial charge in [0, 0.05) is 19.3 Å². The fourth-order valence-electron chi connectivity index (χ4n) is 7.86. The molecule has 0 aliphatic rings. The van der Waals surface area contributed by atoms with Crippen LogP contribution in [0.5, 0.6) is 0 Å². The van der Waals surface area contributed by atoms with Crippen molar-refractivity contribution in [2.45, 2.75) is 290 Å². The Morgan fingerprint density at radius 1 is 0.312 bits per heavy atom. The zero-order valence-electron chi connectivity index (χ0n) is 42.6. The molecule has 64 heavy (non-hydrogen) atoms. The molecule has 372 valence electrons. The molecule has 0 saturated carbocycles. The average Bonchev–Trinajstić information content (AvgIpc) is 3.29. The van der Waals surface area contributed by atoms with E-state index in [9.17, 15) is 14.4 Å². The Morgan fingerprint density at radius 2 is 0.562 bits per heavy atom. The number of carbonyl (C=O) groups excluding carboxylic acids is 3. The number of hydrogen-bond donors (Lipinski definition) is 0. The normalized spacial score (nSPS) is 12.4. The molecule has 0 rings (SSSR count). The van der Waals surface area contributed by atoms with Gasteiger partial charge in [0.25, 0.3) is 0 Å². The van der Waals surface area contributed by atoms with Crippen molar-refractivity contribution in [1.82, 2.24) is 0 Å². The number of hydrogen-bond acceptors (Lipinski definition) is 6. The fourth-order valence-corrected chi connectivity index (χ4v) is 7.86.